The summed E-state index contributed by atoms with van der Waals surface area (Å²) in [5, 5.41) is 4.25. The minimum atomic E-state index is 0.274. The normalized spacial score (nSPS) is 22.8. The molecule has 1 atom stereocenters. The van der Waals surface area contributed by atoms with Gasteiger partial charge in [-0.15, -0.1) is 0 Å². The van der Waals surface area contributed by atoms with Crippen LogP contribution in [0.3, 0.4) is 0 Å². The Morgan fingerprint density at radius 3 is 3.00 bits per heavy atom. The van der Waals surface area contributed by atoms with Gasteiger partial charge in [0.1, 0.15) is 0 Å². The number of piperidine rings is 1. The van der Waals surface area contributed by atoms with Gasteiger partial charge in [-0.2, -0.15) is 0 Å². The van der Waals surface area contributed by atoms with E-state index in [0.717, 1.165) is 23.7 Å². The van der Waals surface area contributed by atoms with Crippen LogP contribution in [-0.2, 0) is 0 Å². The van der Waals surface area contributed by atoms with Crippen molar-refractivity contribution < 1.29 is 9.47 Å². The molecule has 17 heavy (non-hydrogen) atoms. The number of fused-ring (bicyclic) bond motifs is 1. The third kappa shape index (κ3) is 1.87. The molecule has 2 heterocycles. The summed E-state index contributed by atoms with van der Waals surface area (Å²) in [6.45, 7) is 3.42. The molecule has 2 aliphatic rings. The van der Waals surface area contributed by atoms with Gasteiger partial charge >= 0.3 is 0 Å². The monoisotopic (exact) mass is 253 g/mol. The van der Waals surface area contributed by atoms with E-state index in [-0.39, 0.29) is 6.79 Å². The molecule has 3 rings (SSSR count). The molecule has 0 spiro atoms. The summed E-state index contributed by atoms with van der Waals surface area (Å²) < 4.78 is 10.8. The highest BCUT2D eigenvalue weighted by Crippen LogP contribution is 2.45. The number of hydrogen-bond donors (Lipinski definition) is 1. The third-order valence-corrected chi connectivity index (χ3v) is 3.88. The van der Waals surface area contributed by atoms with Gasteiger partial charge in [-0.1, -0.05) is 18.0 Å². The SMILES string of the molecule is Cc1cc2c(c(Cl)c1C1CCCCN1)OCO2. The Hall–Kier alpha value is -0.930. The molecule has 2 aliphatic heterocycles. The summed E-state index contributed by atoms with van der Waals surface area (Å²) >= 11 is 6.45. The van der Waals surface area contributed by atoms with Crippen molar-refractivity contribution in [2.75, 3.05) is 13.3 Å². The average Bonchev–Trinajstić information content (AvgIpc) is 2.78. The van der Waals surface area contributed by atoms with Gasteiger partial charge in [-0.25, -0.2) is 0 Å². The highest BCUT2D eigenvalue weighted by atomic mass is 35.5. The molecule has 1 N–H and O–H groups in total. The van der Waals surface area contributed by atoms with Gasteiger partial charge in [0.15, 0.2) is 11.5 Å². The molecule has 4 heteroatoms. The van der Waals surface area contributed by atoms with Gasteiger partial charge in [-0.05, 0) is 43.5 Å². The van der Waals surface area contributed by atoms with E-state index in [9.17, 15) is 0 Å². The quantitative estimate of drug-likeness (QED) is 0.834. The number of rotatable bonds is 1. The van der Waals surface area contributed by atoms with E-state index >= 15 is 0 Å². The Kier molecular flexibility index (Phi) is 2.89. The highest BCUT2D eigenvalue weighted by Gasteiger charge is 2.26. The second-order valence-corrected chi connectivity index (χ2v) is 5.04. The molecule has 3 nitrogen and oxygen atoms in total. The molecule has 0 aromatic heterocycles. The van der Waals surface area contributed by atoms with Gasteiger partial charge < -0.3 is 14.8 Å². The highest BCUT2D eigenvalue weighted by molar-refractivity contribution is 6.33. The molecule has 1 unspecified atom stereocenters. The van der Waals surface area contributed by atoms with Gasteiger partial charge in [0.2, 0.25) is 6.79 Å². The first-order valence-electron chi connectivity index (χ1n) is 6.09. The smallest absolute Gasteiger partial charge is 0.231 e. The maximum Gasteiger partial charge on any atom is 0.231 e. The standard InChI is InChI=1S/C13H16ClNO2/c1-8-6-10-13(17-7-16-10)12(14)11(8)9-4-2-3-5-15-9/h6,9,15H,2-5,7H2,1H3. The van der Waals surface area contributed by atoms with Crippen LogP contribution in [-0.4, -0.2) is 13.3 Å². The first-order chi connectivity index (χ1) is 8.27. The van der Waals surface area contributed by atoms with E-state index in [0.29, 0.717) is 11.8 Å². The molecule has 1 fully saturated rings. The lowest BCUT2D eigenvalue weighted by Crippen LogP contribution is -2.27. The minimum Gasteiger partial charge on any atom is -0.454 e. The number of aryl methyl sites for hydroxylation is 1. The predicted octanol–water partition coefficient (Wildman–Crippen LogP) is 3.19. The van der Waals surface area contributed by atoms with Crippen molar-refractivity contribution in [2.24, 2.45) is 0 Å². The number of benzene rings is 1. The Morgan fingerprint density at radius 1 is 1.35 bits per heavy atom. The summed E-state index contributed by atoms with van der Waals surface area (Å²) in [5.41, 5.74) is 2.36. The van der Waals surface area contributed by atoms with Crippen molar-refractivity contribution in [3.05, 3.63) is 22.2 Å². The molecular formula is C13H16ClNO2. The first kappa shape index (κ1) is 11.2. The molecule has 0 amide bonds. The molecule has 1 aromatic rings. The van der Waals surface area contributed by atoms with Gasteiger partial charge in [0.25, 0.3) is 0 Å². The minimum absolute atomic E-state index is 0.274. The molecule has 92 valence electrons. The molecule has 1 saturated heterocycles. The van der Waals surface area contributed by atoms with Crippen LogP contribution < -0.4 is 14.8 Å². The zero-order chi connectivity index (χ0) is 11.8. The Balaban J connectivity index is 2.03. The van der Waals surface area contributed by atoms with E-state index < -0.39 is 0 Å². The van der Waals surface area contributed by atoms with Crippen LogP contribution in [0.1, 0.15) is 36.4 Å². The molecule has 0 saturated carbocycles. The summed E-state index contributed by atoms with van der Waals surface area (Å²) in [7, 11) is 0. The molecule has 0 bridgehead atoms. The third-order valence-electron chi connectivity index (χ3n) is 3.51. The van der Waals surface area contributed by atoms with Crippen molar-refractivity contribution in [1.29, 1.82) is 0 Å². The molecule has 0 aliphatic carbocycles. The van der Waals surface area contributed by atoms with Crippen LogP contribution in [0, 0.1) is 6.92 Å². The van der Waals surface area contributed by atoms with Crippen molar-refractivity contribution >= 4 is 11.6 Å². The molecular weight excluding hydrogens is 238 g/mol. The fourth-order valence-corrected chi connectivity index (χ4v) is 3.09. The second-order valence-electron chi connectivity index (χ2n) is 4.66. The van der Waals surface area contributed by atoms with Crippen LogP contribution in [0.4, 0.5) is 0 Å². The van der Waals surface area contributed by atoms with E-state index in [4.69, 9.17) is 21.1 Å². The second kappa shape index (κ2) is 4.39. The number of hydrogen-bond acceptors (Lipinski definition) is 3. The van der Waals surface area contributed by atoms with Crippen LogP contribution in [0.15, 0.2) is 6.07 Å². The van der Waals surface area contributed by atoms with Crippen LogP contribution >= 0.6 is 11.6 Å². The lowest BCUT2D eigenvalue weighted by Gasteiger charge is -2.26. The van der Waals surface area contributed by atoms with Crippen molar-refractivity contribution in [3.63, 3.8) is 0 Å². The van der Waals surface area contributed by atoms with E-state index in [1.54, 1.807) is 0 Å². The summed E-state index contributed by atoms with van der Waals surface area (Å²) in [5.74, 6) is 1.48. The summed E-state index contributed by atoms with van der Waals surface area (Å²) in [6.07, 6.45) is 3.64. The van der Waals surface area contributed by atoms with Gasteiger partial charge in [0, 0.05) is 6.04 Å². The van der Waals surface area contributed by atoms with Crippen LogP contribution in [0.5, 0.6) is 11.5 Å². The van der Waals surface area contributed by atoms with Crippen LogP contribution in [0.2, 0.25) is 5.02 Å². The maximum atomic E-state index is 6.45. The fourth-order valence-electron chi connectivity index (χ4n) is 2.66. The topological polar surface area (TPSA) is 30.5 Å². The van der Waals surface area contributed by atoms with Crippen LogP contribution in [0.25, 0.3) is 0 Å². The molecule has 1 aromatic carbocycles. The Labute approximate surface area is 106 Å². The van der Waals surface area contributed by atoms with Crippen molar-refractivity contribution in [3.8, 4) is 11.5 Å². The van der Waals surface area contributed by atoms with E-state index in [1.165, 1.54) is 24.0 Å². The number of ether oxygens (including phenoxy) is 2. The lowest BCUT2D eigenvalue weighted by molar-refractivity contribution is 0.174. The molecule has 0 radical (unpaired) electrons. The van der Waals surface area contributed by atoms with Gasteiger partial charge in [0.05, 0.1) is 5.02 Å². The Bertz CT molecular complexity index is 442. The maximum absolute atomic E-state index is 6.45. The zero-order valence-corrected chi connectivity index (χ0v) is 10.6. The first-order valence-corrected chi connectivity index (χ1v) is 6.47. The van der Waals surface area contributed by atoms with E-state index in [2.05, 4.69) is 12.2 Å². The van der Waals surface area contributed by atoms with E-state index in [1.807, 2.05) is 6.07 Å². The fraction of sp³-hybridized carbons (Fsp3) is 0.538. The van der Waals surface area contributed by atoms with Crippen molar-refractivity contribution in [1.82, 2.24) is 5.32 Å². The predicted molar refractivity (Wildman–Crippen MR) is 66.9 cm³/mol. The summed E-state index contributed by atoms with van der Waals surface area (Å²) in [4.78, 5) is 0. The van der Waals surface area contributed by atoms with Gasteiger partial charge in [-0.3, -0.25) is 0 Å². The lowest BCUT2D eigenvalue weighted by atomic mass is 9.93. The number of halogens is 1. The van der Waals surface area contributed by atoms with Crippen molar-refractivity contribution in [2.45, 2.75) is 32.2 Å². The Morgan fingerprint density at radius 2 is 2.24 bits per heavy atom. The largest absolute Gasteiger partial charge is 0.454 e. The number of nitrogens with one attached hydrogen (secondary N) is 1. The zero-order valence-electron chi connectivity index (χ0n) is 9.88. The average molecular weight is 254 g/mol. The summed E-state index contributed by atoms with van der Waals surface area (Å²) in [6, 6.07) is 2.38.